The van der Waals surface area contributed by atoms with Gasteiger partial charge in [0, 0.05) is 0 Å². The highest BCUT2D eigenvalue weighted by Gasteiger charge is 2.52. The molecule has 0 heterocycles. The van der Waals surface area contributed by atoms with Crippen molar-refractivity contribution in [3.05, 3.63) is 229 Å². The zero-order chi connectivity index (χ0) is 34.9. The van der Waals surface area contributed by atoms with Crippen molar-refractivity contribution in [2.24, 2.45) is 0 Å². The first-order valence-electron chi connectivity index (χ1n) is 18.5. The van der Waals surface area contributed by atoms with Gasteiger partial charge in [0.1, 0.15) is 0 Å². The number of benzene rings is 9. The Labute approximate surface area is 310 Å². The summed E-state index contributed by atoms with van der Waals surface area (Å²) in [4.78, 5) is 0. The van der Waals surface area contributed by atoms with Crippen LogP contribution in [0.4, 0.5) is 0 Å². The normalized spacial score (nSPS) is 13.1. The SMILES string of the molecule is c1ccc(-c2ccccc2-c2ccc3c(c2)C2(c4ccccc4-c4ccccc42)c2cc(-c4ccccc4-c4ccccc4)c4ccccc4c2-3)cc1. The number of hydrogen-bond donors (Lipinski definition) is 0. The van der Waals surface area contributed by atoms with Crippen LogP contribution in [0.2, 0.25) is 0 Å². The molecule has 0 radical (unpaired) electrons. The largest absolute Gasteiger partial charge is 0.0726 e. The minimum absolute atomic E-state index is 0.490. The summed E-state index contributed by atoms with van der Waals surface area (Å²) < 4.78 is 0. The molecule has 53 heavy (non-hydrogen) atoms. The highest BCUT2D eigenvalue weighted by atomic mass is 14.5. The molecule has 0 saturated heterocycles. The Morgan fingerprint density at radius 3 is 1.28 bits per heavy atom. The Bertz CT molecular complexity index is 2830. The maximum absolute atomic E-state index is 2.55. The van der Waals surface area contributed by atoms with Crippen molar-refractivity contribution in [1.29, 1.82) is 0 Å². The smallest absolute Gasteiger partial charge is 0.0622 e. The van der Waals surface area contributed by atoms with Crippen molar-refractivity contribution in [2.75, 3.05) is 0 Å². The van der Waals surface area contributed by atoms with Crippen LogP contribution in [0.3, 0.4) is 0 Å². The van der Waals surface area contributed by atoms with Crippen molar-refractivity contribution in [1.82, 2.24) is 0 Å². The Morgan fingerprint density at radius 2 is 0.679 bits per heavy atom. The van der Waals surface area contributed by atoms with Gasteiger partial charge in [0.05, 0.1) is 5.41 Å². The summed E-state index contributed by atoms with van der Waals surface area (Å²) >= 11 is 0. The molecule has 0 N–H and O–H groups in total. The summed E-state index contributed by atoms with van der Waals surface area (Å²) in [7, 11) is 0. The van der Waals surface area contributed by atoms with E-state index in [1.165, 1.54) is 99.8 Å². The molecule has 0 aliphatic heterocycles. The van der Waals surface area contributed by atoms with Crippen LogP contribution in [0.5, 0.6) is 0 Å². The third-order valence-electron chi connectivity index (χ3n) is 11.7. The van der Waals surface area contributed by atoms with E-state index in [4.69, 9.17) is 0 Å². The molecule has 2 aliphatic rings. The molecule has 11 rings (SSSR count). The molecule has 0 nitrogen and oxygen atoms in total. The average Bonchev–Trinajstić information content (AvgIpc) is 3.71. The van der Waals surface area contributed by atoms with Crippen LogP contribution in [0.1, 0.15) is 22.3 Å². The van der Waals surface area contributed by atoms with Crippen molar-refractivity contribution >= 4 is 10.8 Å². The molecule has 0 fully saturated rings. The van der Waals surface area contributed by atoms with Crippen LogP contribution in [-0.4, -0.2) is 0 Å². The molecule has 246 valence electrons. The third kappa shape index (κ3) is 4.24. The maximum atomic E-state index is 2.55. The Hall–Kier alpha value is -6.76. The van der Waals surface area contributed by atoms with Crippen LogP contribution in [-0.2, 0) is 5.41 Å². The standard InChI is InChI=1S/C53H34/c1-3-17-35(18-4-1)38-21-7-8-23-40(38)37-31-32-46-50(33-37)53(48-29-15-13-26-43(48)44-27-14-16-30-49(44)53)51-34-47(42-25-11-12-28-45(42)52(46)51)41-24-10-9-22-39(41)36-19-5-2-6-20-36/h1-34H. The van der Waals surface area contributed by atoms with Gasteiger partial charge < -0.3 is 0 Å². The Morgan fingerprint density at radius 1 is 0.226 bits per heavy atom. The van der Waals surface area contributed by atoms with E-state index < -0.39 is 5.41 Å². The van der Waals surface area contributed by atoms with Gasteiger partial charge in [-0.05, 0) is 112 Å². The molecule has 0 bridgehead atoms. The van der Waals surface area contributed by atoms with E-state index in [0.29, 0.717) is 0 Å². The first kappa shape index (κ1) is 29.9. The monoisotopic (exact) mass is 670 g/mol. The highest BCUT2D eigenvalue weighted by molar-refractivity contribution is 6.12. The lowest BCUT2D eigenvalue weighted by atomic mass is 9.69. The predicted molar refractivity (Wildman–Crippen MR) is 222 cm³/mol. The Balaban J connectivity index is 1.27. The fraction of sp³-hybridized carbons (Fsp3) is 0.0189. The van der Waals surface area contributed by atoms with Crippen LogP contribution in [0.25, 0.3) is 77.5 Å². The molecular weight excluding hydrogens is 637 g/mol. The van der Waals surface area contributed by atoms with Crippen molar-refractivity contribution in [3.63, 3.8) is 0 Å². The number of hydrogen-bond acceptors (Lipinski definition) is 0. The van der Waals surface area contributed by atoms with Gasteiger partial charge in [-0.3, -0.25) is 0 Å². The van der Waals surface area contributed by atoms with Gasteiger partial charge in [0.2, 0.25) is 0 Å². The van der Waals surface area contributed by atoms with E-state index in [2.05, 4.69) is 206 Å². The van der Waals surface area contributed by atoms with E-state index in [9.17, 15) is 0 Å². The highest BCUT2D eigenvalue weighted by Crippen LogP contribution is 2.65. The van der Waals surface area contributed by atoms with Gasteiger partial charge in [-0.2, -0.15) is 0 Å². The average molecular weight is 671 g/mol. The van der Waals surface area contributed by atoms with Gasteiger partial charge in [0.25, 0.3) is 0 Å². The quantitative estimate of drug-likeness (QED) is 0.175. The first-order chi connectivity index (χ1) is 26.3. The lowest BCUT2D eigenvalue weighted by Gasteiger charge is -2.31. The third-order valence-corrected chi connectivity index (χ3v) is 11.7. The summed E-state index contributed by atoms with van der Waals surface area (Å²) in [5, 5.41) is 2.57. The summed E-state index contributed by atoms with van der Waals surface area (Å²) in [5.74, 6) is 0. The summed E-state index contributed by atoms with van der Waals surface area (Å²) in [5.41, 5.74) is 20.1. The molecule has 1 spiro atoms. The lowest BCUT2D eigenvalue weighted by Crippen LogP contribution is -2.26. The minimum Gasteiger partial charge on any atom is -0.0622 e. The van der Waals surface area contributed by atoms with E-state index in [-0.39, 0.29) is 0 Å². The van der Waals surface area contributed by atoms with Crippen molar-refractivity contribution in [2.45, 2.75) is 5.41 Å². The molecule has 0 unspecified atom stereocenters. The second-order valence-electron chi connectivity index (χ2n) is 14.3. The summed E-state index contributed by atoms with van der Waals surface area (Å²) in [6.07, 6.45) is 0. The van der Waals surface area contributed by atoms with Gasteiger partial charge in [0.15, 0.2) is 0 Å². The summed E-state index contributed by atoms with van der Waals surface area (Å²) in [6.45, 7) is 0. The first-order valence-corrected chi connectivity index (χ1v) is 18.5. The van der Waals surface area contributed by atoms with Crippen LogP contribution in [0.15, 0.2) is 206 Å². The fourth-order valence-corrected chi connectivity index (χ4v) is 9.58. The zero-order valence-corrected chi connectivity index (χ0v) is 29.1. The lowest BCUT2D eigenvalue weighted by molar-refractivity contribution is 0.795. The number of rotatable bonds is 4. The molecular formula is C53H34. The number of fused-ring (bicyclic) bond motifs is 12. The van der Waals surface area contributed by atoms with E-state index >= 15 is 0 Å². The van der Waals surface area contributed by atoms with Gasteiger partial charge in [-0.15, -0.1) is 0 Å². The molecule has 9 aromatic rings. The van der Waals surface area contributed by atoms with Gasteiger partial charge in [-0.25, -0.2) is 0 Å². The molecule has 0 amide bonds. The van der Waals surface area contributed by atoms with E-state index in [1.54, 1.807) is 0 Å². The molecule has 0 aromatic heterocycles. The van der Waals surface area contributed by atoms with Crippen molar-refractivity contribution < 1.29 is 0 Å². The molecule has 0 saturated carbocycles. The topological polar surface area (TPSA) is 0 Å². The second-order valence-corrected chi connectivity index (χ2v) is 14.3. The maximum Gasteiger partial charge on any atom is 0.0726 e. The zero-order valence-electron chi connectivity index (χ0n) is 29.1. The molecule has 2 aliphatic carbocycles. The second kappa shape index (κ2) is 11.6. The molecule has 0 heteroatoms. The van der Waals surface area contributed by atoms with Gasteiger partial charge >= 0.3 is 0 Å². The van der Waals surface area contributed by atoms with Gasteiger partial charge in [-0.1, -0.05) is 194 Å². The predicted octanol–water partition coefficient (Wildman–Crippen LogP) is 13.9. The minimum atomic E-state index is -0.490. The summed E-state index contributed by atoms with van der Waals surface area (Å²) in [6, 6.07) is 76.5. The van der Waals surface area contributed by atoms with Crippen molar-refractivity contribution in [3.8, 4) is 66.8 Å². The van der Waals surface area contributed by atoms with Crippen LogP contribution in [0, 0.1) is 0 Å². The van der Waals surface area contributed by atoms with Crippen LogP contribution >= 0.6 is 0 Å². The molecule has 9 aromatic carbocycles. The van der Waals surface area contributed by atoms with Crippen LogP contribution < -0.4 is 0 Å². The van der Waals surface area contributed by atoms with E-state index in [0.717, 1.165) is 0 Å². The molecule has 0 atom stereocenters. The fourth-order valence-electron chi connectivity index (χ4n) is 9.58. The van der Waals surface area contributed by atoms with E-state index in [1.807, 2.05) is 0 Å². The Kier molecular flexibility index (Phi) is 6.57.